The van der Waals surface area contributed by atoms with Crippen molar-refractivity contribution in [2.75, 3.05) is 82.2 Å². The van der Waals surface area contributed by atoms with E-state index in [9.17, 15) is 24.3 Å². The number of phenolic OH excluding ortho intramolecular Hbond substituents is 1. The van der Waals surface area contributed by atoms with Gasteiger partial charge < -0.3 is 39.5 Å². The summed E-state index contributed by atoms with van der Waals surface area (Å²) in [6.45, 7) is 20.6. The highest BCUT2D eigenvalue weighted by Gasteiger charge is 2.51. The summed E-state index contributed by atoms with van der Waals surface area (Å²) in [7, 11) is 1.89. The Hall–Kier alpha value is -6.55. The van der Waals surface area contributed by atoms with E-state index in [0.717, 1.165) is 85.8 Å². The zero-order valence-corrected chi connectivity index (χ0v) is 40.4. The number of rotatable bonds is 22. The largest absolute Gasteiger partial charge is 0.508 e. The van der Waals surface area contributed by atoms with Crippen LogP contribution in [0.4, 0.5) is 11.5 Å². The minimum absolute atomic E-state index is 0.0703. The molecule has 2 aromatic heterocycles. The molecule has 0 bridgehead atoms. The van der Waals surface area contributed by atoms with E-state index in [1.165, 1.54) is 0 Å². The Morgan fingerprint density at radius 1 is 0.853 bits per heavy atom. The van der Waals surface area contributed by atoms with E-state index >= 15 is 0 Å². The number of para-hydroxylation sites is 1. The van der Waals surface area contributed by atoms with E-state index in [1.807, 2.05) is 72.3 Å². The molecule has 2 atom stereocenters. The number of pyridine rings is 1. The lowest BCUT2D eigenvalue weighted by Gasteiger charge is -2.55. The van der Waals surface area contributed by atoms with E-state index in [2.05, 4.69) is 54.3 Å². The molecule has 4 amide bonds. The Morgan fingerprint density at radius 3 is 2.18 bits per heavy atom. The van der Waals surface area contributed by atoms with Gasteiger partial charge in [-0.05, 0) is 73.6 Å². The van der Waals surface area contributed by atoms with E-state index in [4.69, 9.17) is 4.98 Å². The van der Waals surface area contributed by atoms with Crippen molar-refractivity contribution in [3.8, 4) is 5.75 Å². The monoisotopic (exact) mass is 925 g/mol. The second-order valence-corrected chi connectivity index (χ2v) is 17.6. The van der Waals surface area contributed by atoms with Gasteiger partial charge in [0.2, 0.25) is 17.7 Å². The fraction of sp³-hybridized carbons (Fsp3) is 0.415. The quantitative estimate of drug-likeness (QED) is 0.0794. The number of nitrogens with one attached hydrogen (secondary N) is 1. The number of phenols is 1. The lowest BCUT2D eigenvalue weighted by atomic mass is 9.97. The maximum Gasteiger partial charge on any atom is 0.257 e. The van der Waals surface area contributed by atoms with Crippen LogP contribution in [0.15, 0.2) is 110 Å². The first-order valence-corrected chi connectivity index (χ1v) is 24.1. The lowest BCUT2D eigenvalue weighted by Crippen LogP contribution is -2.75. The summed E-state index contributed by atoms with van der Waals surface area (Å²) in [5, 5.41) is 17.3. The summed E-state index contributed by atoms with van der Waals surface area (Å²) in [5.74, 6) is 0.00164. The van der Waals surface area contributed by atoms with Crippen molar-refractivity contribution in [3.63, 3.8) is 0 Å². The van der Waals surface area contributed by atoms with Crippen LogP contribution < -0.4 is 10.2 Å². The first-order chi connectivity index (χ1) is 33.0. The maximum absolute atomic E-state index is 14.9. The van der Waals surface area contributed by atoms with Gasteiger partial charge in [0.1, 0.15) is 23.8 Å². The number of carbonyl (C=O) groups excluding carboxylic acids is 4. The predicted octanol–water partition coefficient (Wildman–Crippen LogP) is 6.01. The summed E-state index contributed by atoms with van der Waals surface area (Å²) in [4.78, 5) is 72.8. The van der Waals surface area contributed by atoms with Gasteiger partial charge in [-0.2, -0.15) is 0 Å². The SMILES string of the molecule is C=CCN1CC(=O)N2C(Cc3ccc(O)cc3)C(=O)N(Cc3cccc4c(C(=O)Nc5ccc(N(CCN(CC)CC)CCN(CC)CC)nc5)cn(C)c34)CC2N1C(=O)CCc1ccccc1. The van der Waals surface area contributed by atoms with Crippen molar-refractivity contribution in [2.45, 2.75) is 65.7 Å². The van der Waals surface area contributed by atoms with Crippen LogP contribution in [0.3, 0.4) is 0 Å². The standard InChI is InChI=1S/C53H68N10O5/c1-7-28-61-38-50(66)62-46(33-40-20-24-43(64)25-21-40)53(68)60(37-48(62)63(61)49(65)27-22-39-16-13-12-14-17-39)35-41-18-15-19-44-45(36-56(6)51(41)44)52(67)55-42-23-26-47(54-34-42)59(31-29-57(8-2)9-3)32-30-58(10-4)11-5/h7,12-21,23-26,34,36,46,48,64H,1,8-11,22,27-33,35,37-38H2,2-6H3,(H,55,67). The number of nitrogens with zero attached hydrogens (tertiary/aromatic N) is 9. The van der Waals surface area contributed by atoms with E-state index in [1.54, 1.807) is 62.6 Å². The van der Waals surface area contributed by atoms with Gasteiger partial charge in [-0.15, -0.1) is 6.58 Å². The van der Waals surface area contributed by atoms with Crippen molar-refractivity contribution in [1.29, 1.82) is 0 Å². The lowest BCUT2D eigenvalue weighted by molar-refractivity contribution is -0.205. The number of piperazine rings is 1. The molecule has 15 heteroatoms. The summed E-state index contributed by atoms with van der Waals surface area (Å²) in [6, 6.07) is 25.1. The molecule has 0 spiro atoms. The molecule has 5 aromatic rings. The van der Waals surface area contributed by atoms with E-state index < -0.39 is 12.2 Å². The van der Waals surface area contributed by atoms with Gasteiger partial charge in [-0.3, -0.25) is 19.2 Å². The maximum atomic E-state index is 14.9. The summed E-state index contributed by atoms with van der Waals surface area (Å²) in [5.41, 5.74) is 4.44. The van der Waals surface area contributed by atoms with Crippen LogP contribution in [-0.2, 0) is 40.8 Å². The molecule has 0 aliphatic carbocycles. The van der Waals surface area contributed by atoms with E-state index in [-0.39, 0.29) is 68.4 Å². The van der Waals surface area contributed by atoms with Gasteiger partial charge in [0, 0.05) is 70.7 Å². The number of aromatic nitrogens is 2. The summed E-state index contributed by atoms with van der Waals surface area (Å²) < 4.78 is 1.91. The number of hydrazine groups is 1. The fourth-order valence-electron chi connectivity index (χ4n) is 9.63. The van der Waals surface area contributed by atoms with Gasteiger partial charge in [0.25, 0.3) is 5.91 Å². The number of hydrogen-bond donors (Lipinski definition) is 2. The van der Waals surface area contributed by atoms with Crippen molar-refractivity contribution >= 4 is 46.0 Å². The second-order valence-electron chi connectivity index (χ2n) is 17.6. The molecule has 68 heavy (non-hydrogen) atoms. The molecule has 0 saturated carbocycles. The third kappa shape index (κ3) is 11.4. The zero-order valence-electron chi connectivity index (χ0n) is 40.4. The Bertz CT molecular complexity index is 2490. The normalized spacial score (nSPS) is 16.5. The Balaban J connectivity index is 1.15. The number of likely N-dealkylation sites (N-methyl/N-ethyl adjacent to an activating group) is 2. The molecule has 4 heterocycles. The third-order valence-electron chi connectivity index (χ3n) is 13.4. The highest BCUT2D eigenvalue weighted by Crippen LogP contribution is 2.32. The molecular weight excluding hydrogens is 857 g/mol. The molecule has 360 valence electrons. The number of carbonyl (C=O) groups is 4. The number of benzene rings is 3. The molecule has 2 N–H and O–H groups in total. The third-order valence-corrected chi connectivity index (χ3v) is 13.4. The molecule has 2 fully saturated rings. The van der Waals surface area contributed by atoms with Crippen molar-refractivity contribution < 1.29 is 24.3 Å². The number of anilines is 2. The van der Waals surface area contributed by atoms with Crippen LogP contribution in [-0.4, -0.2) is 152 Å². The average molecular weight is 925 g/mol. The number of aromatic hydroxyl groups is 1. The van der Waals surface area contributed by atoms with Crippen molar-refractivity contribution in [1.82, 2.24) is 39.2 Å². The number of fused-ring (bicyclic) bond motifs is 2. The minimum Gasteiger partial charge on any atom is -0.508 e. The number of amides is 4. The molecule has 2 aliphatic rings. The van der Waals surface area contributed by atoms with Crippen molar-refractivity contribution in [2.24, 2.45) is 7.05 Å². The zero-order chi connectivity index (χ0) is 48.3. The molecule has 0 radical (unpaired) electrons. The van der Waals surface area contributed by atoms with Crippen LogP contribution in [0.2, 0.25) is 0 Å². The highest BCUT2D eigenvalue weighted by atomic mass is 16.3. The molecule has 2 unspecified atom stereocenters. The second kappa shape index (κ2) is 23.0. The summed E-state index contributed by atoms with van der Waals surface area (Å²) in [6.07, 6.45) is 5.31. The van der Waals surface area contributed by atoms with Gasteiger partial charge in [0.15, 0.2) is 0 Å². The smallest absolute Gasteiger partial charge is 0.257 e. The molecule has 7 rings (SSSR count). The number of hydrogen-bond acceptors (Lipinski definition) is 10. The minimum atomic E-state index is -0.924. The van der Waals surface area contributed by atoms with E-state index in [0.29, 0.717) is 17.7 Å². The van der Waals surface area contributed by atoms with Gasteiger partial charge in [0.05, 0.1) is 36.1 Å². The Morgan fingerprint density at radius 2 is 1.54 bits per heavy atom. The van der Waals surface area contributed by atoms with Gasteiger partial charge >= 0.3 is 0 Å². The van der Waals surface area contributed by atoms with Crippen LogP contribution in [0, 0.1) is 0 Å². The topological polar surface area (TPSA) is 141 Å². The van der Waals surface area contributed by atoms with Crippen LogP contribution in [0.5, 0.6) is 5.75 Å². The Kier molecular flexibility index (Phi) is 16.7. The van der Waals surface area contributed by atoms with Crippen molar-refractivity contribution in [3.05, 3.63) is 132 Å². The molecule has 2 aliphatic heterocycles. The van der Waals surface area contributed by atoms with Crippen LogP contribution in [0.1, 0.15) is 61.2 Å². The summed E-state index contributed by atoms with van der Waals surface area (Å²) >= 11 is 0. The number of aryl methyl sites for hydroxylation is 2. The molecular formula is C53H68N10O5. The van der Waals surface area contributed by atoms with Crippen LogP contribution >= 0.6 is 0 Å². The first kappa shape index (κ1) is 49.4. The van der Waals surface area contributed by atoms with Crippen LogP contribution in [0.25, 0.3) is 10.9 Å². The van der Waals surface area contributed by atoms with Gasteiger partial charge in [-0.25, -0.2) is 15.0 Å². The molecule has 15 nitrogen and oxygen atoms in total. The predicted molar refractivity (Wildman–Crippen MR) is 268 cm³/mol. The Labute approximate surface area is 401 Å². The molecule has 2 saturated heterocycles. The average Bonchev–Trinajstić information content (AvgIpc) is 3.70. The molecule has 3 aromatic carbocycles. The first-order valence-electron chi connectivity index (χ1n) is 24.1. The highest BCUT2D eigenvalue weighted by molar-refractivity contribution is 6.13. The fourth-order valence-corrected chi connectivity index (χ4v) is 9.63. The van der Waals surface area contributed by atoms with Gasteiger partial charge in [-0.1, -0.05) is 94.4 Å².